The van der Waals surface area contributed by atoms with Crippen LogP contribution in [0.2, 0.25) is 0 Å². The van der Waals surface area contributed by atoms with Crippen molar-refractivity contribution in [3.8, 4) is 0 Å². The van der Waals surface area contributed by atoms with Crippen molar-refractivity contribution in [1.29, 1.82) is 0 Å². The third kappa shape index (κ3) is 4.46. The van der Waals surface area contributed by atoms with Crippen LogP contribution in [0.3, 0.4) is 0 Å². The molecular formula is C16H25N3O4S. The monoisotopic (exact) mass is 355 g/mol. The maximum atomic E-state index is 12.7. The molecular weight excluding hydrogens is 330 g/mol. The van der Waals surface area contributed by atoms with Gasteiger partial charge in [-0.1, -0.05) is 0 Å². The van der Waals surface area contributed by atoms with E-state index in [-0.39, 0.29) is 29.6 Å². The van der Waals surface area contributed by atoms with Gasteiger partial charge in [0.1, 0.15) is 0 Å². The Hall–Kier alpha value is -1.64. The number of likely N-dealkylation sites (N-methyl/N-ethyl adjacent to an activating group) is 1. The lowest BCUT2D eigenvalue weighted by Crippen LogP contribution is -2.48. The number of benzene rings is 1. The molecule has 7 nitrogen and oxygen atoms in total. The number of anilines is 1. The molecule has 2 atom stereocenters. The summed E-state index contributed by atoms with van der Waals surface area (Å²) in [7, 11) is -0.170. The highest BCUT2D eigenvalue weighted by molar-refractivity contribution is 7.89. The molecule has 1 fully saturated rings. The fourth-order valence-electron chi connectivity index (χ4n) is 2.56. The quantitative estimate of drug-likeness (QED) is 0.852. The zero-order valence-corrected chi connectivity index (χ0v) is 15.3. The van der Waals surface area contributed by atoms with Gasteiger partial charge in [-0.05, 0) is 38.1 Å². The first kappa shape index (κ1) is 18.7. The maximum Gasteiger partial charge on any atom is 0.243 e. The van der Waals surface area contributed by atoms with Crippen molar-refractivity contribution in [2.75, 3.05) is 39.0 Å². The van der Waals surface area contributed by atoms with Crippen LogP contribution in [0, 0.1) is 0 Å². The molecule has 1 amide bonds. The van der Waals surface area contributed by atoms with Gasteiger partial charge >= 0.3 is 0 Å². The zero-order valence-electron chi connectivity index (χ0n) is 14.5. The standard InChI is InChI=1S/C16H25N3O4S/c1-12-10-19(11-13(2)23-12)24(21,22)15-7-5-14(6-8-15)17-9-16(20)18(3)4/h5-8,12-13,17H,9-11H2,1-4H3. The normalized spacial score (nSPS) is 22.2. The summed E-state index contributed by atoms with van der Waals surface area (Å²) in [4.78, 5) is 13.3. The topological polar surface area (TPSA) is 79.0 Å². The van der Waals surface area contributed by atoms with E-state index in [9.17, 15) is 13.2 Å². The summed E-state index contributed by atoms with van der Waals surface area (Å²) in [6, 6.07) is 6.46. The number of carbonyl (C=O) groups is 1. The van der Waals surface area contributed by atoms with Gasteiger partial charge in [0, 0.05) is 32.9 Å². The van der Waals surface area contributed by atoms with Crippen molar-refractivity contribution in [2.24, 2.45) is 0 Å². The van der Waals surface area contributed by atoms with Gasteiger partial charge in [-0.3, -0.25) is 4.79 Å². The Morgan fingerprint density at radius 3 is 2.25 bits per heavy atom. The van der Waals surface area contributed by atoms with E-state index >= 15 is 0 Å². The molecule has 0 aromatic heterocycles. The summed E-state index contributed by atoms with van der Waals surface area (Å²) in [5.74, 6) is -0.0528. The second kappa shape index (κ2) is 7.50. The minimum atomic E-state index is -3.54. The lowest BCUT2D eigenvalue weighted by atomic mass is 10.3. The number of nitrogens with one attached hydrogen (secondary N) is 1. The number of morpholine rings is 1. The van der Waals surface area contributed by atoms with Crippen LogP contribution in [0.1, 0.15) is 13.8 Å². The van der Waals surface area contributed by atoms with Crippen LogP contribution < -0.4 is 5.32 Å². The minimum Gasteiger partial charge on any atom is -0.376 e. The van der Waals surface area contributed by atoms with Crippen molar-refractivity contribution in [3.05, 3.63) is 24.3 Å². The predicted molar refractivity (Wildman–Crippen MR) is 92.4 cm³/mol. The van der Waals surface area contributed by atoms with E-state index in [0.717, 1.165) is 0 Å². The number of rotatable bonds is 5. The Kier molecular flexibility index (Phi) is 5.84. The molecule has 1 heterocycles. The molecule has 1 aliphatic heterocycles. The Morgan fingerprint density at radius 1 is 1.21 bits per heavy atom. The van der Waals surface area contributed by atoms with Gasteiger partial charge in [0.05, 0.1) is 23.6 Å². The first-order valence-electron chi connectivity index (χ1n) is 7.90. The van der Waals surface area contributed by atoms with Crippen molar-refractivity contribution in [2.45, 2.75) is 31.0 Å². The van der Waals surface area contributed by atoms with Gasteiger partial charge in [-0.25, -0.2) is 8.42 Å². The SMILES string of the molecule is CC1CN(S(=O)(=O)c2ccc(NCC(=O)N(C)C)cc2)CC(C)O1. The molecule has 1 aliphatic rings. The molecule has 2 unspecified atom stereocenters. The number of hydrogen-bond donors (Lipinski definition) is 1. The first-order chi connectivity index (χ1) is 11.2. The van der Waals surface area contributed by atoms with Gasteiger partial charge < -0.3 is 15.0 Å². The fourth-order valence-corrected chi connectivity index (χ4v) is 4.15. The predicted octanol–water partition coefficient (Wildman–Crippen LogP) is 0.985. The molecule has 0 saturated carbocycles. The number of nitrogens with zero attached hydrogens (tertiary/aromatic N) is 2. The minimum absolute atomic E-state index is 0.0528. The van der Waals surface area contributed by atoms with Crippen LogP contribution in [0.15, 0.2) is 29.2 Å². The van der Waals surface area contributed by atoms with Crippen LogP contribution in [0.4, 0.5) is 5.69 Å². The summed E-state index contributed by atoms with van der Waals surface area (Å²) in [6.45, 7) is 4.60. The van der Waals surface area contributed by atoms with E-state index in [1.807, 2.05) is 13.8 Å². The van der Waals surface area contributed by atoms with Gasteiger partial charge in [-0.15, -0.1) is 0 Å². The zero-order chi connectivity index (χ0) is 17.9. The van der Waals surface area contributed by atoms with Crippen LogP contribution >= 0.6 is 0 Å². The smallest absolute Gasteiger partial charge is 0.243 e. The number of ether oxygens (including phenoxy) is 1. The van der Waals surface area contributed by atoms with Crippen LogP contribution in [-0.4, -0.2) is 69.5 Å². The summed E-state index contributed by atoms with van der Waals surface area (Å²) >= 11 is 0. The van der Waals surface area contributed by atoms with Crippen molar-refractivity contribution in [1.82, 2.24) is 9.21 Å². The molecule has 2 rings (SSSR count). The molecule has 0 aliphatic carbocycles. The largest absolute Gasteiger partial charge is 0.376 e. The Morgan fingerprint density at radius 2 is 1.75 bits per heavy atom. The molecule has 0 radical (unpaired) electrons. The van der Waals surface area contributed by atoms with Gasteiger partial charge in [0.15, 0.2) is 0 Å². The summed E-state index contributed by atoms with van der Waals surface area (Å²) < 4.78 is 32.5. The number of hydrogen-bond acceptors (Lipinski definition) is 5. The van der Waals surface area contributed by atoms with Crippen molar-refractivity contribution < 1.29 is 17.9 Å². The lowest BCUT2D eigenvalue weighted by molar-refractivity contribution is -0.126. The van der Waals surface area contributed by atoms with Crippen LogP contribution in [0.25, 0.3) is 0 Å². The van der Waals surface area contributed by atoms with Crippen LogP contribution in [-0.2, 0) is 19.6 Å². The third-order valence-electron chi connectivity index (χ3n) is 3.82. The fraction of sp³-hybridized carbons (Fsp3) is 0.562. The van der Waals surface area contributed by atoms with Gasteiger partial charge in [0.2, 0.25) is 15.9 Å². The highest BCUT2D eigenvalue weighted by atomic mass is 32.2. The molecule has 1 aromatic rings. The molecule has 0 bridgehead atoms. The van der Waals surface area contributed by atoms with Gasteiger partial charge in [0.25, 0.3) is 0 Å². The second-order valence-electron chi connectivity index (χ2n) is 6.25. The average Bonchev–Trinajstić information content (AvgIpc) is 2.52. The molecule has 134 valence electrons. The maximum absolute atomic E-state index is 12.7. The third-order valence-corrected chi connectivity index (χ3v) is 5.67. The highest BCUT2D eigenvalue weighted by Gasteiger charge is 2.32. The second-order valence-corrected chi connectivity index (χ2v) is 8.18. The summed E-state index contributed by atoms with van der Waals surface area (Å²) in [5, 5.41) is 2.98. The molecule has 8 heteroatoms. The summed E-state index contributed by atoms with van der Waals surface area (Å²) in [5.41, 5.74) is 0.702. The Balaban J connectivity index is 2.07. The van der Waals surface area contributed by atoms with E-state index in [1.54, 1.807) is 38.4 Å². The van der Waals surface area contributed by atoms with Crippen molar-refractivity contribution in [3.63, 3.8) is 0 Å². The van der Waals surface area contributed by atoms with Crippen molar-refractivity contribution >= 4 is 21.6 Å². The van der Waals surface area contributed by atoms with E-state index in [1.165, 1.54) is 9.21 Å². The lowest BCUT2D eigenvalue weighted by Gasteiger charge is -2.34. The number of sulfonamides is 1. The molecule has 1 aromatic carbocycles. The number of amides is 1. The molecule has 24 heavy (non-hydrogen) atoms. The van der Waals surface area contributed by atoms with Gasteiger partial charge in [-0.2, -0.15) is 4.31 Å². The number of carbonyl (C=O) groups excluding carboxylic acids is 1. The van der Waals surface area contributed by atoms with E-state index in [2.05, 4.69) is 5.32 Å². The molecule has 1 saturated heterocycles. The Labute approximate surface area is 143 Å². The van der Waals surface area contributed by atoms with E-state index in [0.29, 0.717) is 18.8 Å². The average molecular weight is 355 g/mol. The molecule has 1 N–H and O–H groups in total. The van der Waals surface area contributed by atoms with Crippen LogP contribution in [0.5, 0.6) is 0 Å². The van der Waals surface area contributed by atoms with E-state index < -0.39 is 10.0 Å². The highest BCUT2D eigenvalue weighted by Crippen LogP contribution is 2.22. The van der Waals surface area contributed by atoms with E-state index in [4.69, 9.17) is 4.74 Å². The first-order valence-corrected chi connectivity index (χ1v) is 9.34. The molecule has 0 spiro atoms. The summed E-state index contributed by atoms with van der Waals surface area (Å²) in [6.07, 6.45) is -0.247. The Bertz CT molecular complexity index is 663.